The fourth-order valence-electron chi connectivity index (χ4n) is 2.04. The van der Waals surface area contributed by atoms with Gasteiger partial charge in [0, 0.05) is 39.9 Å². The lowest BCUT2D eigenvalue weighted by Crippen LogP contribution is -2.39. The third-order valence-electron chi connectivity index (χ3n) is 3.41. The maximum absolute atomic E-state index is 4.73. The Bertz CT molecular complexity index is 423. The molecule has 0 saturated heterocycles. The Kier molecular flexibility index (Phi) is 7.65. The summed E-state index contributed by atoms with van der Waals surface area (Å²) in [5.41, 5.74) is 2.45. The van der Waals surface area contributed by atoms with Gasteiger partial charge < -0.3 is 15.1 Å². The van der Waals surface area contributed by atoms with Crippen LogP contribution in [-0.4, -0.2) is 45.1 Å². The first kappa shape index (κ1) is 17.3. The lowest BCUT2D eigenvalue weighted by molar-refractivity contribution is 0.465. The molecule has 0 saturated carbocycles. The van der Waals surface area contributed by atoms with Gasteiger partial charge in [-0.05, 0) is 31.0 Å². The topological polar surface area (TPSA) is 30.9 Å². The van der Waals surface area contributed by atoms with Crippen LogP contribution >= 0.6 is 0 Å². The summed E-state index contributed by atoms with van der Waals surface area (Å²) in [6.45, 7) is 6.97. The van der Waals surface area contributed by atoms with Gasteiger partial charge in [-0.2, -0.15) is 0 Å². The van der Waals surface area contributed by atoms with E-state index in [0.717, 1.165) is 19.0 Å². The summed E-state index contributed by atoms with van der Waals surface area (Å²) in [4.78, 5) is 9.05. The number of hydrogen-bond donors (Lipinski definition) is 1. The number of nitrogens with zero attached hydrogens (tertiary/aromatic N) is 3. The molecular weight excluding hydrogens is 260 g/mol. The van der Waals surface area contributed by atoms with Crippen molar-refractivity contribution in [1.29, 1.82) is 0 Å². The standard InChI is InChI=1S/C17H30N4/c1-6-8-13-21(5)17(18-7-2)19-14-15-9-11-16(12-10-15)20(3)4/h9-12H,6-8,13-14H2,1-5H3,(H,18,19). The second-order valence-electron chi connectivity index (χ2n) is 5.51. The molecule has 0 spiro atoms. The van der Waals surface area contributed by atoms with E-state index in [2.05, 4.69) is 74.4 Å². The van der Waals surface area contributed by atoms with E-state index < -0.39 is 0 Å². The molecule has 4 heteroatoms. The average Bonchev–Trinajstić information content (AvgIpc) is 2.49. The van der Waals surface area contributed by atoms with Crippen LogP contribution in [0, 0.1) is 0 Å². The number of anilines is 1. The van der Waals surface area contributed by atoms with Gasteiger partial charge in [0.2, 0.25) is 0 Å². The van der Waals surface area contributed by atoms with Gasteiger partial charge in [-0.1, -0.05) is 25.5 Å². The molecule has 1 rings (SSSR count). The van der Waals surface area contributed by atoms with Gasteiger partial charge >= 0.3 is 0 Å². The second-order valence-corrected chi connectivity index (χ2v) is 5.51. The Morgan fingerprint density at radius 2 is 1.76 bits per heavy atom. The number of guanidine groups is 1. The normalized spacial score (nSPS) is 11.4. The molecule has 1 aromatic rings. The maximum Gasteiger partial charge on any atom is 0.193 e. The van der Waals surface area contributed by atoms with Gasteiger partial charge in [0.05, 0.1) is 6.54 Å². The SMILES string of the molecule is CCCCN(C)C(=NCc1ccc(N(C)C)cc1)NCC. The van der Waals surface area contributed by atoms with Crippen LogP contribution in [0.25, 0.3) is 0 Å². The lowest BCUT2D eigenvalue weighted by atomic mass is 10.2. The summed E-state index contributed by atoms with van der Waals surface area (Å²) >= 11 is 0. The van der Waals surface area contributed by atoms with Crippen LogP contribution in [0.15, 0.2) is 29.3 Å². The third kappa shape index (κ3) is 6.06. The van der Waals surface area contributed by atoms with E-state index in [4.69, 9.17) is 4.99 Å². The van der Waals surface area contributed by atoms with Gasteiger partial charge in [0.15, 0.2) is 5.96 Å². The van der Waals surface area contributed by atoms with Crippen LogP contribution in [0.5, 0.6) is 0 Å². The van der Waals surface area contributed by atoms with E-state index in [1.165, 1.54) is 24.1 Å². The van der Waals surface area contributed by atoms with Gasteiger partial charge in [0.1, 0.15) is 0 Å². The van der Waals surface area contributed by atoms with Crippen molar-refractivity contribution < 1.29 is 0 Å². The highest BCUT2D eigenvalue weighted by atomic mass is 15.3. The minimum atomic E-state index is 0.715. The number of rotatable bonds is 7. The van der Waals surface area contributed by atoms with Crippen LogP contribution in [0.4, 0.5) is 5.69 Å². The summed E-state index contributed by atoms with van der Waals surface area (Å²) in [5.74, 6) is 0.989. The number of benzene rings is 1. The Labute approximate surface area is 129 Å². The molecule has 0 aliphatic rings. The Balaban J connectivity index is 2.68. The van der Waals surface area contributed by atoms with Gasteiger partial charge in [-0.3, -0.25) is 0 Å². The van der Waals surface area contributed by atoms with E-state index in [1.54, 1.807) is 0 Å². The molecule has 1 N–H and O–H groups in total. The smallest absolute Gasteiger partial charge is 0.193 e. The van der Waals surface area contributed by atoms with Crippen molar-refractivity contribution in [2.75, 3.05) is 39.1 Å². The second kappa shape index (κ2) is 9.27. The molecule has 21 heavy (non-hydrogen) atoms. The fourth-order valence-corrected chi connectivity index (χ4v) is 2.04. The fraction of sp³-hybridized carbons (Fsp3) is 0.588. The molecule has 0 radical (unpaired) electrons. The third-order valence-corrected chi connectivity index (χ3v) is 3.41. The van der Waals surface area contributed by atoms with Crippen molar-refractivity contribution in [1.82, 2.24) is 10.2 Å². The van der Waals surface area contributed by atoms with Crippen molar-refractivity contribution in [3.8, 4) is 0 Å². The van der Waals surface area contributed by atoms with Crippen molar-refractivity contribution in [3.05, 3.63) is 29.8 Å². The average molecular weight is 290 g/mol. The lowest BCUT2D eigenvalue weighted by Gasteiger charge is -2.21. The largest absolute Gasteiger partial charge is 0.378 e. The summed E-state index contributed by atoms with van der Waals surface area (Å²) in [6.07, 6.45) is 2.40. The number of aliphatic imine (C=N–C) groups is 1. The van der Waals surface area contributed by atoms with Gasteiger partial charge in [0.25, 0.3) is 0 Å². The van der Waals surface area contributed by atoms with E-state index in [-0.39, 0.29) is 0 Å². The minimum Gasteiger partial charge on any atom is -0.378 e. The highest BCUT2D eigenvalue weighted by Crippen LogP contribution is 2.12. The van der Waals surface area contributed by atoms with Gasteiger partial charge in [-0.15, -0.1) is 0 Å². The van der Waals surface area contributed by atoms with E-state index in [0.29, 0.717) is 6.54 Å². The molecule has 0 heterocycles. The van der Waals surface area contributed by atoms with E-state index in [9.17, 15) is 0 Å². The quantitative estimate of drug-likeness (QED) is 0.619. The number of nitrogens with one attached hydrogen (secondary N) is 1. The Morgan fingerprint density at radius 3 is 2.29 bits per heavy atom. The molecule has 0 aromatic heterocycles. The zero-order valence-electron chi connectivity index (χ0n) is 14.2. The highest BCUT2D eigenvalue weighted by Gasteiger charge is 2.04. The molecule has 118 valence electrons. The first-order chi connectivity index (χ1) is 10.1. The highest BCUT2D eigenvalue weighted by molar-refractivity contribution is 5.79. The summed E-state index contributed by atoms with van der Waals surface area (Å²) < 4.78 is 0. The molecule has 0 bridgehead atoms. The van der Waals surface area contributed by atoms with E-state index >= 15 is 0 Å². The summed E-state index contributed by atoms with van der Waals surface area (Å²) in [5, 5.41) is 3.36. The molecule has 0 fully saturated rings. The first-order valence-corrected chi connectivity index (χ1v) is 7.84. The van der Waals surface area contributed by atoms with E-state index in [1.807, 2.05) is 0 Å². The number of unbranched alkanes of at least 4 members (excludes halogenated alkanes) is 1. The van der Waals surface area contributed by atoms with Crippen molar-refractivity contribution in [3.63, 3.8) is 0 Å². The molecule has 0 unspecified atom stereocenters. The maximum atomic E-state index is 4.73. The van der Waals surface area contributed by atoms with Crippen molar-refractivity contribution >= 4 is 11.6 Å². The van der Waals surface area contributed by atoms with Gasteiger partial charge in [-0.25, -0.2) is 4.99 Å². The minimum absolute atomic E-state index is 0.715. The zero-order valence-corrected chi connectivity index (χ0v) is 14.2. The predicted molar refractivity (Wildman–Crippen MR) is 93.1 cm³/mol. The Hall–Kier alpha value is -1.71. The molecule has 0 aliphatic heterocycles. The molecule has 0 atom stereocenters. The van der Waals surface area contributed by atoms with Crippen LogP contribution in [-0.2, 0) is 6.54 Å². The molecule has 0 amide bonds. The van der Waals surface area contributed by atoms with Crippen LogP contribution < -0.4 is 10.2 Å². The monoisotopic (exact) mass is 290 g/mol. The van der Waals surface area contributed by atoms with Crippen LogP contribution in [0.2, 0.25) is 0 Å². The van der Waals surface area contributed by atoms with Crippen molar-refractivity contribution in [2.24, 2.45) is 4.99 Å². The summed E-state index contributed by atoms with van der Waals surface area (Å²) in [6, 6.07) is 8.57. The van der Waals surface area contributed by atoms with Crippen LogP contribution in [0.1, 0.15) is 32.3 Å². The molecule has 0 aliphatic carbocycles. The number of hydrogen-bond acceptors (Lipinski definition) is 2. The van der Waals surface area contributed by atoms with Crippen molar-refractivity contribution in [2.45, 2.75) is 33.2 Å². The van der Waals surface area contributed by atoms with Crippen LogP contribution in [0.3, 0.4) is 0 Å². The molecule has 1 aromatic carbocycles. The summed E-state index contributed by atoms with van der Waals surface area (Å²) in [7, 11) is 6.21. The molecule has 4 nitrogen and oxygen atoms in total. The Morgan fingerprint density at radius 1 is 1.10 bits per heavy atom. The predicted octanol–water partition coefficient (Wildman–Crippen LogP) is 2.95. The first-order valence-electron chi connectivity index (χ1n) is 7.84. The zero-order chi connectivity index (χ0) is 15.7. The molecular formula is C17H30N4.